The second-order valence-electron chi connectivity index (χ2n) is 7.78. The number of ketones is 2. The minimum absolute atomic E-state index is 0.0802. The molecule has 1 aromatic rings. The van der Waals surface area contributed by atoms with E-state index in [1.54, 1.807) is 19.9 Å². The van der Waals surface area contributed by atoms with E-state index >= 15 is 0 Å². The lowest BCUT2D eigenvalue weighted by Gasteiger charge is -2.48. The van der Waals surface area contributed by atoms with Crippen LogP contribution in [0.4, 0.5) is 0 Å². The summed E-state index contributed by atoms with van der Waals surface area (Å²) in [6.07, 6.45) is 1.06. The van der Waals surface area contributed by atoms with Crippen LogP contribution in [0.25, 0.3) is 0 Å². The van der Waals surface area contributed by atoms with E-state index < -0.39 is 34.9 Å². The van der Waals surface area contributed by atoms with E-state index in [2.05, 4.69) is 0 Å². The smallest absolute Gasteiger partial charge is 0.232 e. The zero-order valence-electron chi connectivity index (χ0n) is 14.9. The Balaban J connectivity index is 1.95. The lowest BCUT2D eigenvalue weighted by Crippen LogP contribution is -2.50. The van der Waals surface area contributed by atoms with Crippen molar-refractivity contribution in [3.8, 4) is 11.5 Å². The van der Waals surface area contributed by atoms with E-state index in [0.717, 1.165) is 12.1 Å². The van der Waals surface area contributed by atoms with Crippen molar-refractivity contribution in [2.24, 2.45) is 11.8 Å². The summed E-state index contributed by atoms with van der Waals surface area (Å²) in [6.45, 7) is 3.21. The second-order valence-corrected chi connectivity index (χ2v) is 7.78. The van der Waals surface area contributed by atoms with Gasteiger partial charge in [0.05, 0.1) is 23.8 Å². The Hall–Kier alpha value is -2.64. The van der Waals surface area contributed by atoms with Crippen molar-refractivity contribution in [3.63, 3.8) is 0 Å². The van der Waals surface area contributed by atoms with Gasteiger partial charge in [-0.25, -0.2) is 0 Å². The van der Waals surface area contributed by atoms with Gasteiger partial charge in [-0.3, -0.25) is 9.59 Å². The quantitative estimate of drug-likeness (QED) is 0.550. The molecule has 0 saturated carbocycles. The summed E-state index contributed by atoms with van der Waals surface area (Å²) >= 11 is 0. The van der Waals surface area contributed by atoms with Crippen molar-refractivity contribution < 1.29 is 34.8 Å². The van der Waals surface area contributed by atoms with Crippen LogP contribution in [0.1, 0.15) is 41.0 Å². The van der Waals surface area contributed by atoms with Crippen molar-refractivity contribution in [2.75, 3.05) is 6.61 Å². The zero-order chi connectivity index (χ0) is 19.7. The van der Waals surface area contributed by atoms with E-state index in [9.17, 15) is 30.0 Å². The molecule has 0 aromatic heterocycles. The Morgan fingerprint density at radius 2 is 1.89 bits per heavy atom. The van der Waals surface area contributed by atoms with Gasteiger partial charge in [-0.15, -0.1) is 0 Å². The SMILES string of the molecule is CC1(C)OC2=C(C(=O)c3cc(O)cc(O)c3C2=O)C2C=C(CO)C(O)CC21. The first-order chi connectivity index (χ1) is 12.7. The molecular formula is C20H20O7. The number of aliphatic hydroxyl groups excluding tert-OH is 2. The predicted molar refractivity (Wildman–Crippen MR) is 93.4 cm³/mol. The molecule has 0 saturated heterocycles. The molecule has 142 valence electrons. The Morgan fingerprint density at radius 3 is 2.56 bits per heavy atom. The van der Waals surface area contributed by atoms with Crippen LogP contribution in [-0.2, 0) is 4.74 Å². The molecule has 4 N–H and O–H groups in total. The summed E-state index contributed by atoms with van der Waals surface area (Å²) in [5.41, 5.74) is -0.580. The third-order valence-electron chi connectivity index (χ3n) is 5.78. The van der Waals surface area contributed by atoms with Crippen LogP contribution in [0.15, 0.2) is 35.1 Å². The predicted octanol–water partition coefficient (Wildman–Crippen LogP) is 1.46. The normalized spacial score (nSPS) is 28.7. The highest BCUT2D eigenvalue weighted by Crippen LogP contribution is 2.51. The van der Waals surface area contributed by atoms with Crippen molar-refractivity contribution in [2.45, 2.75) is 32.0 Å². The second kappa shape index (κ2) is 5.68. The van der Waals surface area contributed by atoms with E-state index in [4.69, 9.17) is 4.74 Å². The van der Waals surface area contributed by atoms with Gasteiger partial charge in [0.15, 0.2) is 11.5 Å². The van der Waals surface area contributed by atoms with Gasteiger partial charge in [-0.1, -0.05) is 6.08 Å². The molecule has 27 heavy (non-hydrogen) atoms. The summed E-state index contributed by atoms with van der Waals surface area (Å²) in [4.78, 5) is 26.2. The lowest BCUT2D eigenvalue weighted by atomic mass is 9.64. The number of Topliss-reactive ketones (excluding diaryl/α,β-unsaturated/α-hetero) is 2. The van der Waals surface area contributed by atoms with Crippen LogP contribution in [0, 0.1) is 11.8 Å². The standard InChI is InChI=1S/C20H20O7/c1-20(2)12-6-13(23)8(7-21)3-10(12)16-17(25)11-4-9(22)5-14(24)15(11)18(26)19(16)27-20/h3-5,10,12-13,21-24H,6-7H2,1-2H3. The molecule has 0 spiro atoms. The number of carbonyl (C=O) groups excluding carboxylic acids is 2. The van der Waals surface area contributed by atoms with Gasteiger partial charge in [-0.05, 0) is 31.9 Å². The van der Waals surface area contributed by atoms with Gasteiger partial charge in [0.1, 0.15) is 17.1 Å². The molecule has 4 rings (SSSR count). The van der Waals surface area contributed by atoms with E-state index in [1.807, 2.05) is 0 Å². The highest BCUT2D eigenvalue weighted by molar-refractivity contribution is 6.27. The fraction of sp³-hybridized carbons (Fsp3) is 0.400. The topological polar surface area (TPSA) is 124 Å². The lowest BCUT2D eigenvalue weighted by molar-refractivity contribution is -0.0624. The number of benzene rings is 1. The van der Waals surface area contributed by atoms with Crippen LogP contribution in [-0.4, -0.2) is 50.3 Å². The molecule has 0 fully saturated rings. The van der Waals surface area contributed by atoms with Crippen molar-refractivity contribution in [1.82, 2.24) is 0 Å². The average molecular weight is 372 g/mol. The molecule has 3 aliphatic rings. The molecule has 1 aliphatic heterocycles. The van der Waals surface area contributed by atoms with Gasteiger partial charge >= 0.3 is 0 Å². The highest BCUT2D eigenvalue weighted by Gasteiger charge is 2.52. The Kier molecular flexibility index (Phi) is 3.73. The molecule has 3 atom stereocenters. The number of allylic oxidation sites excluding steroid dienone is 3. The monoisotopic (exact) mass is 372 g/mol. The summed E-state index contributed by atoms with van der Waals surface area (Å²) < 4.78 is 5.92. The third-order valence-corrected chi connectivity index (χ3v) is 5.78. The van der Waals surface area contributed by atoms with Gasteiger partial charge in [0, 0.05) is 23.5 Å². The molecule has 7 nitrogen and oxygen atoms in total. The first-order valence-electron chi connectivity index (χ1n) is 8.73. The van der Waals surface area contributed by atoms with Gasteiger partial charge < -0.3 is 25.2 Å². The minimum Gasteiger partial charge on any atom is -0.508 e. The molecule has 0 bridgehead atoms. The number of aromatic hydroxyl groups is 2. The number of fused-ring (bicyclic) bond motifs is 3. The minimum atomic E-state index is -0.851. The third kappa shape index (κ3) is 2.42. The number of aliphatic hydroxyl groups is 2. The molecule has 1 aromatic carbocycles. The number of carbonyl (C=O) groups is 2. The molecule has 3 unspecified atom stereocenters. The summed E-state index contributed by atoms with van der Waals surface area (Å²) in [5, 5.41) is 39.7. The van der Waals surface area contributed by atoms with E-state index in [0.29, 0.717) is 5.57 Å². The molecular weight excluding hydrogens is 352 g/mol. The van der Waals surface area contributed by atoms with Crippen LogP contribution in [0.2, 0.25) is 0 Å². The number of ether oxygens (including phenoxy) is 1. The van der Waals surface area contributed by atoms with Crippen LogP contribution in [0.3, 0.4) is 0 Å². The molecule has 0 amide bonds. The first kappa shape index (κ1) is 17.8. The Bertz CT molecular complexity index is 938. The largest absolute Gasteiger partial charge is 0.508 e. The number of phenols is 2. The summed E-state index contributed by atoms with van der Waals surface area (Å²) in [5.74, 6) is -2.87. The molecule has 0 radical (unpaired) electrons. The Labute approximate surface area is 155 Å². The summed E-state index contributed by atoms with van der Waals surface area (Å²) in [6, 6.07) is 2.16. The molecule has 1 heterocycles. The van der Waals surface area contributed by atoms with Crippen LogP contribution < -0.4 is 0 Å². The van der Waals surface area contributed by atoms with Crippen molar-refractivity contribution in [3.05, 3.63) is 46.2 Å². The number of phenolic OH excluding ortho intramolecular Hbond substituents is 2. The molecule has 2 aliphatic carbocycles. The summed E-state index contributed by atoms with van der Waals surface area (Å²) in [7, 11) is 0. The molecule has 7 heteroatoms. The maximum absolute atomic E-state index is 13.2. The maximum Gasteiger partial charge on any atom is 0.232 e. The first-order valence-corrected chi connectivity index (χ1v) is 8.73. The van der Waals surface area contributed by atoms with Gasteiger partial charge in [0.25, 0.3) is 0 Å². The fourth-order valence-electron chi connectivity index (χ4n) is 4.41. The highest BCUT2D eigenvalue weighted by atomic mass is 16.5. The van der Waals surface area contributed by atoms with Crippen molar-refractivity contribution in [1.29, 1.82) is 0 Å². The van der Waals surface area contributed by atoms with Gasteiger partial charge in [-0.2, -0.15) is 0 Å². The van der Waals surface area contributed by atoms with Crippen LogP contribution >= 0.6 is 0 Å². The van der Waals surface area contributed by atoms with E-state index in [-0.39, 0.29) is 47.2 Å². The van der Waals surface area contributed by atoms with E-state index in [1.165, 1.54) is 0 Å². The zero-order valence-corrected chi connectivity index (χ0v) is 14.9. The average Bonchev–Trinajstić information content (AvgIpc) is 2.58. The Morgan fingerprint density at radius 1 is 1.19 bits per heavy atom. The number of rotatable bonds is 1. The van der Waals surface area contributed by atoms with Crippen LogP contribution in [0.5, 0.6) is 11.5 Å². The maximum atomic E-state index is 13.2. The van der Waals surface area contributed by atoms with Gasteiger partial charge in [0.2, 0.25) is 5.78 Å². The number of hydrogen-bond acceptors (Lipinski definition) is 7. The number of hydrogen-bond donors (Lipinski definition) is 4. The fourth-order valence-corrected chi connectivity index (χ4v) is 4.41. The van der Waals surface area contributed by atoms with Crippen molar-refractivity contribution >= 4 is 11.6 Å².